The van der Waals surface area contributed by atoms with Crippen molar-refractivity contribution in [2.45, 2.75) is 40.2 Å². The van der Waals surface area contributed by atoms with E-state index in [1.807, 2.05) is 44.2 Å². The predicted octanol–water partition coefficient (Wildman–Crippen LogP) is 4.76. The van der Waals surface area contributed by atoms with E-state index in [2.05, 4.69) is 35.8 Å². The van der Waals surface area contributed by atoms with Crippen molar-refractivity contribution in [3.05, 3.63) is 59.7 Å². The molecule has 1 aliphatic rings. The van der Waals surface area contributed by atoms with Gasteiger partial charge in [-0.05, 0) is 35.6 Å². The maximum atomic E-state index is 13.0. The fourth-order valence-electron chi connectivity index (χ4n) is 4.75. The number of hydrogen-bond acceptors (Lipinski definition) is 4. The number of hydrogen-bond donors (Lipinski definition) is 1. The average Bonchev–Trinajstić information content (AvgIpc) is 3.16. The molecule has 0 spiro atoms. The monoisotopic (exact) mass is 438 g/mol. The van der Waals surface area contributed by atoms with Crippen LogP contribution < -0.4 is 4.74 Å². The maximum absolute atomic E-state index is 13.0. The summed E-state index contributed by atoms with van der Waals surface area (Å²) >= 11 is 0. The molecule has 1 aliphatic heterocycles. The van der Waals surface area contributed by atoms with E-state index in [1.54, 1.807) is 13.2 Å². The van der Waals surface area contributed by atoms with Crippen molar-refractivity contribution in [1.82, 2.24) is 9.80 Å². The molecule has 0 aliphatic carbocycles. The molecule has 32 heavy (non-hydrogen) atoms. The number of para-hydroxylation sites is 1. The Bertz CT molecular complexity index is 896. The van der Waals surface area contributed by atoms with Crippen LogP contribution in [0.25, 0.3) is 0 Å². The Morgan fingerprint density at radius 3 is 2.53 bits per heavy atom. The highest BCUT2D eigenvalue weighted by Gasteiger charge is 2.36. The molecule has 3 rings (SSSR count). The highest BCUT2D eigenvalue weighted by atomic mass is 16.5. The molecule has 174 valence electrons. The highest BCUT2D eigenvalue weighted by molar-refractivity contribution is 5.78. The van der Waals surface area contributed by atoms with Crippen LogP contribution in [0.1, 0.15) is 44.7 Å². The molecule has 2 aromatic carbocycles. The SMILES string of the molecule is COc1cccc([C@@H]2CN(Cc3ccccc3O)C[C@H]2CN(CC(C)C)C(=O)C(C)C)c1. The van der Waals surface area contributed by atoms with E-state index in [4.69, 9.17) is 4.74 Å². The Labute approximate surface area is 193 Å². The second kappa shape index (κ2) is 10.9. The van der Waals surface area contributed by atoms with Crippen LogP contribution in [0.15, 0.2) is 48.5 Å². The van der Waals surface area contributed by atoms with Crippen molar-refractivity contribution < 1.29 is 14.6 Å². The first-order valence-corrected chi connectivity index (χ1v) is 11.7. The number of likely N-dealkylation sites (tertiary alicyclic amines) is 1. The summed E-state index contributed by atoms with van der Waals surface area (Å²) in [6.07, 6.45) is 0. The number of benzene rings is 2. The average molecular weight is 439 g/mol. The van der Waals surface area contributed by atoms with Crippen molar-refractivity contribution in [2.24, 2.45) is 17.8 Å². The van der Waals surface area contributed by atoms with Crippen molar-refractivity contribution in [2.75, 3.05) is 33.3 Å². The zero-order chi connectivity index (χ0) is 23.3. The number of aromatic hydroxyl groups is 1. The minimum Gasteiger partial charge on any atom is -0.508 e. The molecule has 1 fully saturated rings. The maximum Gasteiger partial charge on any atom is 0.225 e. The summed E-state index contributed by atoms with van der Waals surface area (Å²) in [6.45, 7) is 12.3. The van der Waals surface area contributed by atoms with E-state index in [1.165, 1.54) is 5.56 Å². The Morgan fingerprint density at radius 2 is 1.88 bits per heavy atom. The first kappa shape index (κ1) is 24.1. The number of phenols is 1. The van der Waals surface area contributed by atoms with Crippen LogP contribution in [0, 0.1) is 17.8 Å². The number of ether oxygens (including phenoxy) is 1. The molecule has 1 saturated heterocycles. The minimum absolute atomic E-state index is 0.0113. The molecule has 0 radical (unpaired) electrons. The van der Waals surface area contributed by atoms with E-state index in [0.717, 1.165) is 37.5 Å². The van der Waals surface area contributed by atoms with Gasteiger partial charge in [0.2, 0.25) is 5.91 Å². The smallest absolute Gasteiger partial charge is 0.225 e. The topological polar surface area (TPSA) is 53.0 Å². The van der Waals surface area contributed by atoms with Gasteiger partial charge in [-0.15, -0.1) is 0 Å². The van der Waals surface area contributed by atoms with Crippen LogP contribution in [0.5, 0.6) is 11.5 Å². The van der Waals surface area contributed by atoms with Crippen LogP contribution >= 0.6 is 0 Å². The molecule has 0 aromatic heterocycles. The van der Waals surface area contributed by atoms with Gasteiger partial charge < -0.3 is 14.7 Å². The normalized spacial score (nSPS) is 19.0. The Kier molecular flexibility index (Phi) is 8.19. The van der Waals surface area contributed by atoms with Gasteiger partial charge in [0.15, 0.2) is 0 Å². The summed E-state index contributed by atoms with van der Waals surface area (Å²) in [7, 11) is 1.70. The molecule has 2 atom stereocenters. The molecule has 0 unspecified atom stereocenters. The third-order valence-electron chi connectivity index (χ3n) is 6.27. The van der Waals surface area contributed by atoms with E-state index in [-0.39, 0.29) is 11.8 Å². The number of carbonyl (C=O) groups excluding carboxylic acids is 1. The molecular weight excluding hydrogens is 400 g/mol. The fraction of sp³-hybridized carbons (Fsp3) is 0.519. The lowest BCUT2D eigenvalue weighted by atomic mass is 9.88. The van der Waals surface area contributed by atoms with E-state index < -0.39 is 0 Å². The lowest BCUT2D eigenvalue weighted by molar-refractivity contribution is -0.135. The number of amides is 1. The molecule has 5 nitrogen and oxygen atoms in total. The summed E-state index contributed by atoms with van der Waals surface area (Å²) in [6, 6.07) is 15.9. The summed E-state index contributed by atoms with van der Waals surface area (Å²) in [5, 5.41) is 10.3. The lowest BCUT2D eigenvalue weighted by Crippen LogP contribution is -2.41. The zero-order valence-corrected chi connectivity index (χ0v) is 20.1. The largest absolute Gasteiger partial charge is 0.508 e. The van der Waals surface area contributed by atoms with E-state index in [9.17, 15) is 9.90 Å². The predicted molar refractivity (Wildman–Crippen MR) is 129 cm³/mol. The molecule has 2 aromatic rings. The Hall–Kier alpha value is -2.53. The molecule has 0 bridgehead atoms. The molecule has 1 amide bonds. The molecule has 0 saturated carbocycles. The van der Waals surface area contributed by atoms with Gasteiger partial charge in [0.1, 0.15) is 11.5 Å². The first-order valence-electron chi connectivity index (χ1n) is 11.7. The van der Waals surface area contributed by atoms with Crippen molar-refractivity contribution in [1.29, 1.82) is 0 Å². The summed E-state index contributed by atoms with van der Waals surface area (Å²) in [4.78, 5) is 17.5. The number of methoxy groups -OCH3 is 1. The number of phenolic OH excluding ortho intramolecular Hbond substituents is 1. The number of rotatable bonds is 9. The van der Waals surface area contributed by atoms with Gasteiger partial charge in [0.05, 0.1) is 7.11 Å². The van der Waals surface area contributed by atoms with Crippen molar-refractivity contribution in [3.8, 4) is 11.5 Å². The first-order chi connectivity index (χ1) is 15.3. The minimum atomic E-state index is -0.0113. The van der Waals surface area contributed by atoms with Crippen LogP contribution in [0.3, 0.4) is 0 Å². The second-order valence-corrected chi connectivity index (χ2v) is 9.76. The zero-order valence-electron chi connectivity index (χ0n) is 20.1. The van der Waals surface area contributed by atoms with Gasteiger partial charge in [-0.1, -0.05) is 58.0 Å². The standard InChI is InChI=1S/C27H38N2O3/c1-19(2)14-29(27(31)20(3)4)17-23-16-28(15-22-9-6-7-12-26(22)30)18-25(23)21-10-8-11-24(13-21)32-5/h6-13,19-20,23,25,30H,14-18H2,1-5H3/t23-,25-/m0/s1. The fourth-order valence-corrected chi connectivity index (χ4v) is 4.75. The van der Waals surface area contributed by atoms with Crippen LogP contribution in [-0.2, 0) is 11.3 Å². The van der Waals surface area contributed by atoms with Gasteiger partial charge in [-0.3, -0.25) is 9.69 Å². The van der Waals surface area contributed by atoms with Crippen LogP contribution in [-0.4, -0.2) is 54.1 Å². The molecule has 1 heterocycles. The Morgan fingerprint density at radius 1 is 1.12 bits per heavy atom. The second-order valence-electron chi connectivity index (χ2n) is 9.76. The third kappa shape index (κ3) is 6.04. The molecule has 5 heteroatoms. The van der Waals surface area contributed by atoms with Gasteiger partial charge in [-0.2, -0.15) is 0 Å². The molecule has 1 N–H and O–H groups in total. The molecular formula is C27H38N2O3. The summed E-state index contributed by atoms with van der Waals surface area (Å²) in [5.74, 6) is 2.44. The van der Waals surface area contributed by atoms with Crippen LogP contribution in [0.4, 0.5) is 0 Å². The highest BCUT2D eigenvalue weighted by Crippen LogP contribution is 2.36. The lowest BCUT2D eigenvalue weighted by Gasteiger charge is -2.31. The van der Waals surface area contributed by atoms with Crippen molar-refractivity contribution >= 4 is 5.91 Å². The number of nitrogens with zero attached hydrogens (tertiary/aromatic N) is 2. The quantitative estimate of drug-likeness (QED) is 0.613. The Balaban J connectivity index is 1.86. The van der Waals surface area contributed by atoms with E-state index in [0.29, 0.717) is 30.0 Å². The third-order valence-corrected chi connectivity index (χ3v) is 6.27. The van der Waals surface area contributed by atoms with Gasteiger partial charge in [0.25, 0.3) is 0 Å². The summed E-state index contributed by atoms with van der Waals surface area (Å²) in [5.41, 5.74) is 2.19. The van der Waals surface area contributed by atoms with Gasteiger partial charge in [0, 0.05) is 50.1 Å². The van der Waals surface area contributed by atoms with Crippen molar-refractivity contribution in [3.63, 3.8) is 0 Å². The summed E-state index contributed by atoms with van der Waals surface area (Å²) < 4.78 is 5.48. The van der Waals surface area contributed by atoms with Gasteiger partial charge in [-0.25, -0.2) is 0 Å². The van der Waals surface area contributed by atoms with Crippen LogP contribution in [0.2, 0.25) is 0 Å². The van der Waals surface area contributed by atoms with E-state index >= 15 is 0 Å². The number of carbonyl (C=O) groups is 1. The van der Waals surface area contributed by atoms with Gasteiger partial charge >= 0.3 is 0 Å².